The number of hydrogen-bond donors (Lipinski definition) is 2. The Hall–Kier alpha value is -1.11. The summed E-state index contributed by atoms with van der Waals surface area (Å²) in [5, 5.41) is 8.73. The van der Waals surface area contributed by atoms with Gasteiger partial charge in [0.05, 0.1) is 11.5 Å². The Morgan fingerprint density at radius 3 is 2.56 bits per heavy atom. The monoisotopic (exact) mass is 244 g/mol. The molecule has 0 saturated heterocycles. The minimum Gasteiger partial charge on any atom is -0.399 e. The van der Waals surface area contributed by atoms with Gasteiger partial charge in [0.2, 0.25) is 10.0 Å². The lowest BCUT2D eigenvalue weighted by Crippen LogP contribution is -2.30. The second-order valence-electron chi connectivity index (χ2n) is 3.58. The van der Waals surface area contributed by atoms with E-state index in [1.54, 1.807) is 19.1 Å². The quantitative estimate of drug-likeness (QED) is 0.741. The Morgan fingerprint density at radius 1 is 1.44 bits per heavy atom. The summed E-state index contributed by atoms with van der Waals surface area (Å²) in [5.41, 5.74) is 6.69. The molecule has 1 rings (SSSR count). The van der Waals surface area contributed by atoms with Crippen LogP contribution < -0.4 is 5.73 Å². The maximum atomic E-state index is 12.0. The highest BCUT2D eigenvalue weighted by atomic mass is 32.2. The van der Waals surface area contributed by atoms with E-state index in [0.717, 1.165) is 4.31 Å². The van der Waals surface area contributed by atoms with Crippen LogP contribution in [0.4, 0.5) is 5.69 Å². The molecule has 0 fully saturated rings. The summed E-state index contributed by atoms with van der Waals surface area (Å²) in [6, 6.07) is 4.64. The molecule has 90 valence electrons. The van der Waals surface area contributed by atoms with Crippen molar-refractivity contribution in [1.82, 2.24) is 4.31 Å². The van der Waals surface area contributed by atoms with Crippen molar-refractivity contribution in [3.63, 3.8) is 0 Å². The minimum absolute atomic E-state index is 0.0755. The molecule has 6 heteroatoms. The molecule has 0 aliphatic heterocycles. The molecule has 0 radical (unpaired) electrons. The predicted octanol–water partition coefficient (Wildman–Crippen LogP) is 0.190. The van der Waals surface area contributed by atoms with Gasteiger partial charge in [0.25, 0.3) is 0 Å². The molecule has 0 aliphatic carbocycles. The number of sulfonamides is 1. The highest BCUT2D eigenvalue weighted by Crippen LogP contribution is 2.20. The van der Waals surface area contributed by atoms with Gasteiger partial charge in [-0.05, 0) is 30.7 Å². The van der Waals surface area contributed by atoms with E-state index >= 15 is 0 Å². The maximum Gasteiger partial charge on any atom is 0.243 e. The van der Waals surface area contributed by atoms with Crippen molar-refractivity contribution in [3.8, 4) is 0 Å². The van der Waals surface area contributed by atoms with Gasteiger partial charge in [0.15, 0.2) is 0 Å². The molecule has 0 spiro atoms. The summed E-state index contributed by atoms with van der Waals surface area (Å²) in [4.78, 5) is 0.220. The molecule has 5 nitrogen and oxygen atoms in total. The van der Waals surface area contributed by atoms with Gasteiger partial charge in [-0.1, -0.05) is 0 Å². The van der Waals surface area contributed by atoms with Gasteiger partial charge in [0, 0.05) is 19.3 Å². The van der Waals surface area contributed by atoms with E-state index in [1.807, 2.05) is 0 Å². The molecular weight excluding hydrogens is 228 g/mol. The zero-order chi connectivity index (χ0) is 12.3. The van der Waals surface area contributed by atoms with Crippen molar-refractivity contribution in [2.75, 3.05) is 25.9 Å². The number of benzene rings is 1. The molecule has 3 N–H and O–H groups in total. The molecular formula is C10H16N2O3S. The number of nitrogens with zero attached hydrogens (tertiary/aromatic N) is 1. The van der Waals surface area contributed by atoms with Gasteiger partial charge < -0.3 is 10.8 Å². The topological polar surface area (TPSA) is 83.6 Å². The SMILES string of the molecule is Cc1cc(N)ccc1S(=O)(=O)N(C)CCO. The average molecular weight is 244 g/mol. The number of likely N-dealkylation sites (N-methyl/N-ethyl adjacent to an activating group) is 1. The van der Waals surface area contributed by atoms with Gasteiger partial charge in [-0.2, -0.15) is 4.31 Å². The number of aryl methyl sites for hydroxylation is 1. The van der Waals surface area contributed by atoms with Crippen molar-refractivity contribution in [3.05, 3.63) is 23.8 Å². The lowest BCUT2D eigenvalue weighted by atomic mass is 10.2. The Balaban J connectivity index is 3.17. The van der Waals surface area contributed by atoms with E-state index in [4.69, 9.17) is 10.8 Å². The van der Waals surface area contributed by atoms with Crippen LogP contribution in [0, 0.1) is 6.92 Å². The summed E-state index contributed by atoms with van der Waals surface area (Å²) in [6.07, 6.45) is 0. The molecule has 0 aromatic heterocycles. The summed E-state index contributed by atoms with van der Waals surface area (Å²) >= 11 is 0. The van der Waals surface area contributed by atoms with E-state index in [1.165, 1.54) is 13.1 Å². The number of anilines is 1. The standard InChI is InChI=1S/C10H16N2O3S/c1-8-7-9(11)3-4-10(8)16(14,15)12(2)5-6-13/h3-4,7,13H,5-6,11H2,1-2H3. The Morgan fingerprint density at radius 2 is 2.06 bits per heavy atom. The zero-order valence-electron chi connectivity index (χ0n) is 9.34. The van der Waals surface area contributed by atoms with Crippen LogP contribution in [0.5, 0.6) is 0 Å². The summed E-state index contributed by atoms with van der Waals surface area (Å²) in [6.45, 7) is 1.56. The van der Waals surface area contributed by atoms with Crippen LogP contribution in [0.25, 0.3) is 0 Å². The van der Waals surface area contributed by atoms with Crippen LogP contribution in [-0.4, -0.2) is 38.0 Å². The number of hydrogen-bond acceptors (Lipinski definition) is 4. The fourth-order valence-corrected chi connectivity index (χ4v) is 2.75. The lowest BCUT2D eigenvalue weighted by molar-refractivity contribution is 0.266. The predicted molar refractivity (Wildman–Crippen MR) is 62.5 cm³/mol. The van der Waals surface area contributed by atoms with Crippen molar-refractivity contribution >= 4 is 15.7 Å². The molecule has 0 bridgehead atoms. The molecule has 0 saturated carbocycles. The number of nitrogen functional groups attached to an aromatic ring is 1. The summed E-state index contributed by atoms with van der Waals surface area (Å²) in [7, 11) is -2.10. The fourth-order valence-electron chi connectivity index (χ4n) is 1.39. The third-order valence-corrected chi connectivity index (χ3v) is 4.32. The summed E-state index contributed by atoms with van der Waals surface area (Å²) in [5.74, 6) is 0. The molecule has 1 aromatic rings. The summed E-state index contributed by atoms with van der Waals surface area (Å²) < 4.78 is 25.2. The smallest absolute Gasteiger partial charge is 0.243 e. The third kappa shape index (κ3) is 2.52. The molecule has 0 unspecified atom stereocenters. The minimum atomic E-state index is -3.53. The van der Waals surface area contributed by atoms with Gasteiger partial charge in [-0.25, -0.2) is 8.42 Å². The van der Waals surface area contributed by atoms with Crippen LogP contribution in [0.1, 0.15) is 5.56 Å². The molecule has 1 aromatic carbocycles. The van der Waals surface area contributed by atoms with Crippen molar-refractivity contribution in [1.29, 1.82) is 0 Å². The Kier molecular flexibility index (Phi) is 3.90. The zero-order valence-corrected chi connectivity index (χ0v) is 10.2. The largest absolute Gasteiger partial charge is 0.399 e. The van der Waals surface area contributed by atoms with Gasteiger partial charge in [0.1, 0.15) is 0 Å². The van der Waals surface area contributed by atoms with Crippen LogP contribution >= 0.6 is 0 Å². The molecule has 0 heterocycles. The van der Waals surface area contributed by atoms with Crippen LogP contribution in [0.15, 0.2) is 23.1 Å². The van der Waals surface area contributed by atoms with E-state index in [9.17, 15) is 8.42 Å². The normalized spacial score (nSPS) is 12.0. The average Bonchev–Trinajstić information content (AvgIpc) is 2.17. The van der Waals surface area contributed by atoms with E-state index < -0.39 is 10.0 Å². The molecule has 0 amide bonds. The second-order valence-corrected chi connectivity index (χ2v) is 5.59. The maximum absolute atomic E-state index is 12.0. The highest BCUT2D eigenvalue weighted by molar-refractivity contribution is 7.89. The van der Waals surface area contributed by atoms with Crippen LogP contribution in [0.3, 0.4) is 0 Å². The first-order valence-electron chi connectivity index (χ1n) is 4.83. The van der Waals surface area contributed by atoms with Gasteiger partial charge in [-0.3, -0.25) is 0 Å². The second kappa shape index (κ2) is 4.82. The Labute approximate surface area is 95.5 Å². The number of nitrogens with two attached hydrogens (primary N) is 1. The van der Waals surface area contributed by atoms with E-state index in [-0.39, 0.29) is 18.0 Å². The van der Waals surface area contributed by atoms with Crippen LogP contribution in [0.2, 0.25) is 0 Å². The van der Waals surface area contributed by atoms with Gasteiger partial charge in [-0.15, -0.1) is 0 Å². The number of aliphatic hydroxyl groups is 1. The first-order chi connectivity index (χ1) is 7.39. The van der Waals surface area contributed by atoms with Crippen molar-refractivity contribution in [2.24, 2.45) is 0 Å². The number of aliphatic hydroxyl groups excluding tert-OH is 1. The number of rotatable bonds is 4. The lowest BCUT2D eigenvalue weighted by Gasteiger charge is -2.17. The molecule has 0 atom stereocenters. The highest BCUT2D eigenvalue weighted by Gasteiger charge is 2.21. The fraction of sp³-hybridized carbons (Fsp3) is 0.400. The van der Waals surface area contributed by atoms with Crippen molar-refractivity contribution < 1.29 is 13.5 Å². The van der Waals surface area contributed by atoms with Gasteiger partial charge >= 0.3 is 0 Å². The van der Waals surface area contributed by atoms with Crippen LogP contribution in [-0.2, 0) is 10.0 Å². The van der Waals surface area contributed by atoms with Crippen molar-refractivity contribution in [2.45, 2.75) is 11.8 Å². The Bertz CT molecular complexity index is 471. The molecule has 16 heavy (non-hydrogen) atoms. The first-order valence-corrected chi connectivity index (χ1v) is 6.27. The van der Waals surface area contributed by atoms with E-state index in [0.29, 0.717) is 11.3 Å². The molecule has 0 aliphatic rings. The first kappa shape index (κ1) is 13.0. The van der Waals surface area contributed by atoms with E-state index in [2.05, 4.69) is 0 Å². The third-order valence-electron chi connectivity index (χ3n) is 2.30.